The number of aromatic nitrogens is 4. The van der Waals surface area contributed by atoms with Crippen LogP contribution in [0, 0.1) is 0 Å². The molecule has 0 saturated heterocycles. The molecule has 0 spiro atoms. The molecule has 1 heterocycles. The number of benzene rings is 2. The zero-order valence-electron chi connectivity index (χ0n) is 13.5. The number of nitrogen functional groups attached to an aromatic ring is 1. The minimum absolute atomic E-state index is 0.187. The molecule has 9 heteroatoms. The molecule has 0 amide bonds. The lowest BCUT2D eigenvalue weighted by Gasteiger charge is -2.13. The second kappa shape index (κ2) is 7.71. The van der Waals surface area contributed by atoms with Gasteiger partial charge in [0.05, 0.1) is 13.7 Å². The minimum Gasteiger partial charge on any atom is -0.493 e. The number of nitrogens with two attached hydrogens (primary N) is 1. The van der Waals surface area contributed by atoms with Crippen LogP contribution in [-0.4, -0.2) is 27.4 Å². The smallest absolute Gasteiger partial charge is 0.260 e. The van der Waals surface area contributed by atoms with E-state index in [1.807, 2.05) is 42.5 Å². The molecule has 1 aromatic heterocycles. The monoisotopic (exact) mass is 360 g/mol. The molecule has 0 aliphatic carbocycles. The van der Waals surface area contributed by atoms with Gasteiger partial charge in [0.15, 0.2) is 11.5 Å². The summed E-state index contributed by atoms with van der Waals surface area (Å²) in [6.07, 6.45) is 0. The molecule has 8 nitrogen and oxygen atoms in total. The Morgan fingerprint density at radius 1 is 1.20 bits per heavy atom. The Morgan fingerprint density at radius 3 is 2.76 bits per heavy atom. The molecule has 0 aliphatic heterocycles. The van der Waals surface area contributed by atoms with Crippen molar-refractivity contribution in [3.05, 3.63) is 58.6 Å². The summed E-state index contributed by atoms with van der Waals surface area (Å²) in [4.78, 5) is 1.30. The first kappa shape index (κ1) is 16.8. The minimum atomic E-state index is 0.187. The van der Waals surface area contributed by atoms with E-state index < -0.39 is 0 Å². The number of anilines is 1. The Bertz CT molecular complexity index is 854. The van der Waals surface area contributed by atoms with Crippen molar-refractivity contribution in [2.24, 2.45) is 0 Å². The van der Waals surface area contributed by atoms with Crippen LogP contribution in [0.3, 0.4) is 0 Å². The number of halogens is 1. The Hall–Kier alpha value is -3.00. The van der Waals surface area contributed by atoms with Gasteiger partial charge in [-0.2, -0.15) is 0 Å². The molecular weight excluding hydrogens is 344 g/mol. The van der Waals surface area contributed by atoms with Gasteiger partial charge in [0, 0.05) is 10.6 Å². The van der Waals surface area contributed by atoms with Crippen molar-refractivity contribution < 1.29 is 9.47 Å². The van der Waals surface area contributed by atoms with Crippen LogP contribution < -0.4 is 20.6 Å². The molecular formula is C16H17ClN6O2. The van der Waals surface area contributed by atoms with Crippen LogP contribution in [0.25, 0.3) is 0 Å². The van der Waals surface area contributed by atoms with Crippen molar-refractivity contribution in [2.45, 2.75) is 13.2 Å². The van der Waals surface area contributed by atoms with Crippen LogP contribution in [-0.2, 0) is 13.2 Å². The molecule has 0 unspecified atom stereocenters. The van der Waals surface area contributed by atoms with E-state index in [-0.39, 0.29) is 5.95 Å². The van der Waals surface area contributed by atoms with Crippen molar-refractivity contribution in [3.8, 4) is 11.5 Å². The lowest BCUT2D eigenvalue weighted by Crippen LogP contribution is -2.18. The van der Waals surface area contributed by atoms with Crippen LogP contribution in [0.5, 0.6) is 11.5 Å². The van der Waals surface area contributed by atoms with Crippen LogP contribution >= 0.6 is 11.6 Å². The fraction of sp³-hybridized carbons (Fsp3) is 0.188. The fourth-order valence-electron chi connectivity index (χ4n) is 2.18. The number of hydrogen-bond acceptors (Lipinski definition) is 7. The fourth-order valence-corrected chi connectivity index (χ4v) is 2.38. The van der Waals surface area contributed by atoms with E-state index in [4.69, 9.17) is 26.8 Å². The summed E-state index contributed by atoms with van der Waals surface area (Å²) in [6, 6.07) is 13.2. The standard InChI is InChI=1S/C16H17ClN6O2/c1-24-15-8-11(9-19-23-16(18)20-21-22-23)6-7-14(15)25-10-12-4-2-3-5-13(12)17/h2-8,19H,9-10H2,1H3,(H2,18,20,22). The van der Waals surface area contributed by atoms with E-state index in [9.17, 15) is 0 Å². The van der Waals surface area contributed by atoms with Crippen molar-refractivity contribution in [2.75, 3.05) is 18.3 Å². The number of tetrazole rings is 1. The molecule has 3 N–H and O–H groups in total. The quantitative estimate of drug-likeness (QED) is 0.666. The van der Waals surface area contributed by atoms with Crippen molar-refractivity contribution in [1.82, 2.24) is 20.3 Å². The molecule has 3 aromatic rings. The van der Waals surface area contributed by atoms with Gasteiger partial charge in [0.2, 0.25) is 0 Å². The van der Waals surface area contributed by atoms with E-state index in [0.29, 0.717) is 29.7 Å². The zero-order valence-corrected chi connectivity index (χ0v) is 14.3. The number of nitrogens with one attached hydrogen (secondary N) is 1. The molecule has 0 aliphatic rings. The molecule has 0 bridgehead atoms. The van der Waals surface area contributed by atoms with E-state index >= 15 is 0 Å². The number of methoxy groups -OCH3 is 1. The maximum atomic E-state index is 6.14. The Labute approximate surface area is 149 Å². The Kier molecular flexibility index (Phi) is 5.20. The first-order chi connectivity index (χ1) is 12.2. The normalized spacial score (nSPS) is 10.5. The lowest BCUT2D eigenvalue weighted by atomic mass is 10.2. The number of nitrogens with zero attached hydrogens (tertiary/aromatic N) is 4. The summed E-state index contributed by atoms with van der Waals surface area (Å²) in [5.74, 6) is 1.44. The predicted octanol–water partition coefficient (Wildman–Crippen LogP) is 2.24. The third kappa shape index (κ3) is 4.10. The highest BCUT2D eigenvalue weighted by Crippen LogP contribution is 2.29. The molecule has 130 valence electrons. The maximum absolute atomic E-state index is 6.14. The van der Waals surface area contributed by atoms with Gasteiger partial charge in [-0.15, -0.1) is 4.79 Å². The molecule has 0 fully saturated rings. The summed E-state index contributed by atoms with van der Waals surface area (Å²) >= 11 is 6.14. The topological polar surface area (TPSA) is 100 Å². The molecule has 25 heavy (non-hydrogen) atoms. The van der Waals surface area contributed by atoms with Crippen molar-refractivity contribution >= 4 is 17.5 Å². The highest BCUT2D eigenvalue weighted by Gasteiger charge is 2.08. The third-order valence-electron chi connectivity index (χ3n) is 3.50. The van der Waals surface area contributed by atoms with E-state index in [1.165, 1.54) is 4.79 Å². The summed E-state index contributed by atoms with van der Waals surface area (Å²) in [5.41, 5.74) is 10.5. The Balaban J connectivity index is 1.67. The highest BCUT2D eigenvalue weighted by atomic mass is 35.5. The van der Waals surface area contributed by atoms with Gasteiger partial charge in [-0.3, -0.25) is 0 Å². The molecule has 0 atom stereocenters. The summed E-state index contributed by atoms with van der Waals surface area (Å²) < 4.78 is 11.2. The average molecular weight is 361 g/mol. The van der Waals surface area contributed by atoms with Crippen molar-refractivity contribution in [1.29, 1.82) is 0 Å². The van der Waals surface area contributed by atoms with Gasteiger partial charge in [-0.05, 0) is 34.2 Å². The van der Waals surface area contributed by atoms with Crippen LogP contribution in [0.1, 0.15) is 11.1 Å². The summed E-state index contributed by atoms with van der Waals surface area (Å²) in [7, 11) is 1.59. The van der Waals surface area contributed by atoms with Crippen molar-refractivity contribution in [3.63, 3.8) is 0 Å². The highest BCUT2D eigenvalue weighted by molar-refractivity contribution is 6.31. The van der Waals surface area contributed by atoms with Gasteiger partial charge in [-0.1, -0.05) is 41.0 Å². The second-order valence-corrected chi connectivity index (χ2v) is 5.56. The zero-order chi connectivity index (χ0) is 17.6. The van der Waals surface area contributed by atoms with Gasteiger partial charge in [0.1, 0.15) is 6.61 Å². The number of rotatable bonds is 7. The summed E-state index contributed by atoms with van der Waals surface area (Å²) in [5, 5.41) is 11.4. The predicted molar refractivity (Wildman–Crippen MR) is 94.1 cm³/mol. The van der Waals surface area contributed by atoms with E-state index in [1.54, 1.807) is 7.11 Å². The number of hydrogen-bond donors (Lipinski definition) is 2. The average Bonchev–Trinajstić information content (AvgIpc) is 3.04. The maximum Gasteiger partial charge on any atom is 0.260 e. The SMILES string of the molecule is COc1cc(CNn2nnnc2N)ccc1OCc1ccccc1Cl. The molecule has 3 rings (SSSR count). The van der Waals surface area contributed by atoms with Crippen LogP contribution in [0.15, 0.2) is 42.5 Å². The number of ether oxygens (including phenoxy) is 2. The van der Waals surface area contributed by atoms with E-state index in [0.717, 1.165) is 11.1 Å². The van der Waals surface area contributed by atoms with Gasteiger partial charge >= 0.3 is 0 Å². The first-order valence-electron chi connectivity index (χ1n) is 7.48. The van der Waals surface area contributed by atoms with Gasteiger partial charge in [-0.25, -0.2) is 0 Å². The third-order valence-corrected chi connectivity index (χ3v) is 3.86. The summed E-state index contributed by atoms with van der Waals surface area (Å²) in [6.45, 7) is 0.825. The van der Waals surface area contributed by atoms with E-state index in [2.05, 4.69) is 21.0 Å². The molecule has 0 saturated carbocycles. The molecule has 0 radical (unpaired) electrons. The van der Waals surface area contributed by atoms with Crippen LogP contribution in [0.2, 0.25) is 5.02 Å². The van der Waals surface area contributed by atoms with Gasteiger partial charge < -0.3 is 20.6 Å². The van der Waals surface area contributed by atoms with Gasteiger partial charge in [0.25, 0.3) is 5.95 Å². The first-order valence-corrected chi connectivity index (χ1v) is 7.86. The lowest BCUT2D eigenvalue weighted by molar-refractivity contribution is 0.284. The van der Waals surface area contributed by atoms with Crippen LogP contribution in [0.4, 0.5) is 5.95 Å². The largest absolute Gasteiger partial charge is 0.493 e. The second-order valence-electron chi connectivity index (χ2n) is 5.15. The molecule has 2 aromatic carbocycles. The Morgan fingerprint density at radius 2 is 2.04 bits per heavy atom.